The van der Waals surface area contributed by atoms with Crippen LogP contribution in [0.15, 0.2) is 42.5 Å². The van der Waals surface area contributed by atoms with Crippen molar-refractivity contribution in [2.24, 2.45) is 5.73 Å². The maximum absolute atomic E-state index is 13.6. The molecule has 0 saturated carbocycles. The summed E-state index contributed by atoms with van der Waals surface area (Å²) in [6, 6.07) is 8.32. The molecule has 0 bridgehead atoms. The Bertz CT molecular complexity index is 733. The number of hydrogen-bond acceptors (Lipinski definition) is 2. The van der Waals surface area contributed by atoms with Crippen molar-refractivity contribution >= 4 is 17.6 Å². The van der Waals surface area contributed by atoms with Gasteiger partial charge in [0.05, 0.1) is 11.6 Å². The average molecular weight is 319 g/mol. The number of halogens is 2. The Hall–Kier alpha value is -2.96. The molecule has 1 unspecified atom stereocenters. The van der Waals surface area contributed by atoms with E-state index in [1.54, 1.807) is 31.2 Å². The maximum atomic E-state index is 13.6. The molecule has 5 nitrogen and oxygen atoms in total. The lowest BCUT2D eigenvalue weighted by Crippen LogP contribution is -2.27. The SMILES string of the molecule is CC(NC(=O)c1ccc(F)cc1F)c1ccc(NC(N)=O)cc1. The Morgan fingerprint density at radius 3 is 2.30 bits per heavy atom. The molecule has 0 aliphatic carbocycles. The summed E-state index contributed by atoms with van der Waals surface area (Å²) in [6.07, 6.45) is 0. The quantitative estimate of drug-likeness (QED) is 0.809. The molecule has 0 spiro atoms. The molecule has 0 aliphatic heterocycles. The van der Waals surface area contributed by atoms with E-state index in [9.17, 15) is 18.4 Å². The number of carbonyl (C=O) groups is 2. The largest absolute Gasteiger partial charge is 0.351 e. The van der Waals surface area contributed by atoms with Crippen LogP contribution < -0.4 is 16.4 Å². The first-order chi connectivity index (χ1) is 10.9. The van der Waals surface area contributed by atoms with Gasteiger partial charge in [0.2, 0.25) is 0 Å². The number of benzene rings is 2. The molecule has 120 valence electrons. The number of primary amides is 1. The van der Waals surface area contributed by atoms with E-state index in [0.717, 1.165) is 17.7 Å². The van der Waals surface area contributed by atoms with E-state index in [-0.39, 0.29) is 5.56 Å². The zero-order valence-corrected chi connectivity index (χ0v) is 12.3. The standard InChI is InChI=1S/C16H15F2N3O2/c1-9(10-2-5-12(6-3-10)21-16(19)23)20-15(22)13-7-4-11(17)8-14(13)18/h2-9H,1H3,(H,20,22)(H3,19,21,23). The zero-order valence-electron chi connectivity index (χ0n) is 12.3. The van der Waals surface area contributed by atoms with Gasteiger partial charge in [-0.2, -0.15) is 0 Å². The summed E-state index contributed by atoms with van der Waals surface area (Å²) in [5, 5.41) is 5.04. The molecule has 2 aromatic rings. The summed E-state index contributed by atoms with van der Waals surface area (Å²) in [7, 11) is 0. The molecule has 2 aromatic carbocycles. The third kappa shape index (κ3) is 4.26. The molecule has 0 fully saturated rings. The van der Waals surface area contributed by atoms with Gasteiger partial charge in [0, 0.05) is 11.8 Å². The Labute approximate surface area is 131 Å². The van der Waals surface area contributed by atoms with Crippen LogP contribution in [0.25, 0.3) is 0 Å². The topological polar surface area (TPSA) is 84.2 Å². The number of urea groups is 1. The lowest BCUT2D eigenvalue weighted by molar-refractivity contribution is 0.0935. The van der Waals surface area contributed by atoms with Crippen LogP contribution in [-0.4, -0.2) is 11.9 Å². The number of nitrogens with two attached hydrogens (primary N) is 1. The van der Waals surface area contributed by atoms with E-state index in [1.807, 2.05) is 0 Å². The van der Waals surface area contributed by atoms with Crippen LogP contribution in [0.4, 0.5) is 19.3 Å². The number of rotatable bonds is 4. The van der Waals surface area contributed by atoms with Crippen molar-refractivity contribution in [2.75, 3.05) is 5.32 Å². The van der Waals surface area contributed by atoms with Crippen molar-refractivity contribution in [3.8, 4) is 0 Å². The first kappa shape index (κ1) is 16.4. The minimum Gasteiger partial charge on any atom is -0.351 e. The monoisotopic (exact) mass is 319 g/mol. The number of amides is 3. The Balaban J connectivity index is 2.07. The molecular formula is C16H15F2N3O2. The van der Waals surface area contributed by atoms with Crippen LogP contribution in [0.1, 0.15) is 28.9 Å². The third-order valence-electron chi connectivity index (χ3n) is 3.20. The summed E-state index contributed by atoms with van der Waals surface area (Å²) in [5.74, 6) is -2.31. The van der Waals surface area contributed by atoms with Gasteiger partial charge >= 0.3 is 6.03 Å². The minimum atomic E-state index is -0.921. The summed E-state index contributed by atoms with van der Waals surface area (Å²) in [6.45, 7) is 1.72. The van der Waals surface area contributed by atoms with Crippen molar-refractivity contribution in [3.05, 3.63) is 65.2 Å². The number of nitrogens with one attached hydrogen (secondary N) is 2. The zero-order chi connectivity index (χ0) is 17.0. The van der Waals surface area contributed by atoms with E-state index in [1.165, 1.54) is 0 Å². The van der Waals surface area contributed by atoms with E-state index in [4.69, 9.17) is 5.73 Å². The highest BCUT2D eigenvalue weighted by atomic mass is 19.1. The molecule has 0 heterocycles. The Kier molecular flexibility index (Phi) is 4.90. The highest BCUT2D eigenvalue weighted by molar-refractivity contribution is 5.94. The molecule has 0 aromatic heterocycles. The highest BCUT2D eigenvalue weighted by Crippen LogP contribution is 2.17. The van der Waals surface area contributed by atoms with Crippen molar-refractivity contribution in [2.45, 2.75) is 13.0 Å². The number of hydrogen-bond donors (Lipinski definition) is 3. The second-order valence-electron chi connectivity index (χ2n) is 4.93. The molecule has 0 radical (unpaired) electrons. The summed E-state index contributed by atoms with van der Waals surface area (Å²) in [5.41, 5.74) is 6.04. The minimum absolute atomic E-state index is 0.231. The lowest BCUT2D eigenvalue weighted by atomic mass is 10.1. The molecule has 7 heteroatoms. The molecule has 0 saturated heterocycles. The van der Waals surface area contributed by atoms with Crippen LogP contribution in [0.5, 0.6) is 0 Å². The van der Waals surface area contributed by atoms with E-state index >= 15 is 0 Å². The second kappa shape index (κ2) is 6.87. The van der Waals surface area contributed by atoms with Gasteiger partial charge in [-0.05, 0) is 36.8 Å². The molecule has 3 amide bonds. The van der Waals surface area contributed by atoms with Gasteiger partial charge in [-0.15, -0.1) is 0 Å². The van der Waals surface area contributed by atoms with Gasteiger partial charge in [-0.1, -0.05) is 12.1 Å². The Morgan fingerprint density at radius 1 is 1.09 bits per heavy atom. The van der Waals surface area contributed by atoms with Crippen LogP contribution >= 0.6 is 0 Å². The molecule has 1 atom stereocenters. The maximum Gasteiger partial charge on any atom is 0.316 e. The van der Waals surface area contributed by atoms with E-state index < -0.39 is 29.6 Å². The van der Waals surface area contributed by atoms with Gasteiger partial charge in [-0.3, -0.25) is 4.79 Å². The molecular weight excluding hydrogens is 304 g/mol. The summed E-state index contributed by atoms with van der Waals surface area (Å²) < 4.78 is 26.4. The highest BCUT2D eigenvalue weighted by Gasteiger charge is 2.15. The normalized spacial score (nSPS) is 11.6. The summed E-state index contributed by atoms with van der Waals surface area (Å²) in [4.78, 5) is 22.8. The van der Waals surface area contributed by atoms with Gasteiger partial charge in [-0.25, -0.2) is 13.6 Å². The predicted molar refractivity (Wildman–Crippen MR) is 81.9 cm³/mol. The van der Waals surface area contributed by atoms with Crippen LogP contribution in [0.2, 0.25) is 0 Å². The summed E-state index contributed by atoms with van der Waals surface area (Å²) >= 11 is 0. The molecule has 4 N–H and O–H groups in total. The third-order valence-corrected chi connectivity index (χ3v) is 3.20. The van der Waals surface area contributed by atoms with Crippen molar-refractivity contribution < 1.29 is 18.4 Å². The predicted octanol–water partition coefficient (Wildman–Crippen LogP) is 2.95. The van der Waals surface area contributed by atoms with E-state index in [0.29, 0.717) is 11.8 Å². The molecule has 23 heavy (non-hydrogen) atoms. The van der Waals surface area contributed by atoms with Gasteiger partial charge < -0.3 is 16.4 Å². The Morgan fingerprint density at radius 2 is 1.74 bits per heavy atom. The number of anilines is 1. The second-order valence-corrected chi connectivity index (χ2v) is 4.93. The van der Waals surface area contributed by atoms with Crippen molar-refractivity contribution in [1.82, 2.24) is 5.32 Å². The van der Waals surface area contributed by atoms with Crippen molar-refractivity contribution in [1.29, 1.82) is 0 Å². The van der Waals surface area contributed by atoms with Gasteiger partial charge in [0.15, 0.2) is 0 Å². The van der Waals surface area contributed by atoms with Gasteiger partial charge in [0.1, 0.15) is 11.6 Å². The fourth-order valence-electron chi connectivity index (χ4n) is 2.03. The number of carbonyl (C=O) groups excluding carboxylic acids is 2. The van der Waals surface area contributed by atoms with Crippen LogP contribution in [0, 0.1) is 11.6 Å². The average Bonchev–Trinajstić information content (AvgIpc) is 2.47. The van der Waals surface area contributed by atoms with Crippen LogP contribution in [0.3, 0.4) is 0 Å². The van der Waals surface area contributed by atoms with Crippen LogP contribution in [-0.2, 0) is 0 Å². The fourth-order valence-corrected chi connectivity index (χ4v) is 2.03. The first-order valence-corrected chi connectivity index (χ1v) is 6.79. The lowest BCUT2D eigenvalue weighted by Gasteiger charge is -2.15. The molecule has 2 rings (SSSR count). The van der Waals surface area contributed by atoms with E-state index in [2.05, 4.69) is 10.6 Å². The van der Waals surface area contributed by atoms with Crippen molar-refractivity contribution in [3.63, 3.8) is 0 Å². The molecule has 0 aliphatic rings. The van der Waals surface area contributed by atoms with Gasteiger partial charge in [0.25, 0.3) is 5.91 Å². The fraction of sp³-hybridized carbons (Fsp3) is 0.125. The first-order valence-electron chi connectivity index (χ1n) is 6.79. The smallest absolute Gasteiger partial charge is 0.316 e.